The molecule has 1 unspecified atom stereocenters. The Labute approximate surface area is 109 Å². The summed E-state index contributed by atoms with van der Waals surface area (Å²) in [6.07, 6.45) is 5.12. The highest BCUT2D eigenvalue weighted by Crippen LogP contribution is 2.23. The zero-order chi connectivity index (χ0) is 12.3. The third-order valence-corrected chi connectivity index (χ3v) is 6.11. The first-order chi connectivity index (χ1) is 8.14. The molecule has 2 rings (SSSR count). The van der Waals surface area contributed by atoms with Crippen LogP contribution in [0, 0.1) is 5.92 Å². The molecule has 2 heterocycles. The summed E-state index contributed by atoms with van der Waals surface area (Å²) in [6, 6.07) is 0. The van der Waals surface area contributed by atoms with Crippen LogP contribution in [0.1, 0.15) is 32.1 Å². The third-order valence-electron chi connectivity index (χ3n) is 3.67. The summed E-state index contributed by atoms with van der Waals surface area (Å²) in [6.45, 7) is 2.63. The van der Waals surface area contributed by atoms with E-state index in [2.05, 4.69) is 0 Å². The molecule has 0 spiro atoms. The van der Waals surface area contributed by atoms with E-state index in [1.165, 1.54) is 0 Å². The number of piperidine rings is 2. The molecule has 6 heteroatoms. The lowest BCUT2D eigenvalue weighted by molar-refractivity contribution is 0.249. The van der Waals surface area contributed by atoms with E-state index in [9.17, 15) is 8.42 Å². The molecule has 0 aliphatic carbocycles. The van der Waals surface area contributed by atoms with Crippen molar-refractivity contribution in [3.8, 4) is 0 Å². The number of rotatable bonds is 3. The molecule has 2 saturated heterocycles. The van der Waals surface area contributed by atoms with E-state index in [1.807, 2.05) is 0 Å². The molecular weight excluding hydrogens is 260 g/mol. The largest absolute Gasteiger partial charge is 0.281 e. The maximum atomic E-state index is 12.4. The minimum Gasteiger partial charge on any atom is -0.195 e. The van der Waals surface area contributed by atoms with Crippen LogP contribution in [-0.2, 0) is 10.2 Å². The fourth-order valence-corrected chi connectivity index (χ4v) is 4.68. The first kappa shape index (κ1) is 13.6. The molecule has 0 aromatic rings. The van der Waals surface area contributed by atoms with Gasteiger partial charge in [0, 0.05) is 32.1 Å². The van der Waals surface area contributed by atoms with Crippen molar-refractivity contribution in [2.24, 2.45) is 5.92 Å². The standard InChI is InChI=1S/C11H21ClN2O2S/c12-9-11-5-4-8-14(10-11)17(15,16)13-6-2-1-3-7-13/h11H,1-10H2. The number of hydrogen-bond acceptors (Lipinski definition) is 2. The Hall–Kier alpha value is 0.160. The van der Waals surface area contributed by atoms with Crippen molar-refractivity contribution < 1.29 is 8.42 Å². The summed E-state index contributed by atoms with van der Waals surface area (Å²) < 4.78 is 28.1. The number of alkyl halides is 1. The van der Waals surface area contributed by atoms with Crippen molar-refractivity contribution in [1.29, 1.82) is 0 Å². The van der Waals surface area contributed by atoms with Crippen LogP contribution in [0.15, 0.2) is 0 Å². The van der Waals surface area contributed by atoms with E-state index in [1.54, 1.807) is 8.61 Å². The van der Waals surface area contributed by atoms with Gasteiger partial charge in [-0.2, -0.15) is 17.0 Å². The van der Waals surface area contributed by atoms with Crippen molar-refractivity contribution in [2.75, 3.05) is 32.1 Å². The normalized spacial score (nSPS) is 29.4. The second kappa shape index (κ2) is 5.87. The topological polar surface area (TPSA) is 40.6 Å². The highest BCUT2D eigenvalue weighted by atomic mass is 35.5. The molecule has 0 bridgehead atoms. The van der Waals surface area contributed by atoms with E-state index >= 15 is 0 Å². The van der Waals surface area contributed by atoms with Gasteiger partial charge in [-0.15, -0.1) is 11.6 Å². The zero-order valence-corrected chi connectivity index (χ0v) is 11.7. The average molecular weight is 281 g/mol. The maximum absolute atomic E-state index is 12.4. The minimum absolute atomic E-state index is 0.324. The van der Waals surface area contributed by atoms with E-state index in [0.29, 0.717) is 38.0 Å². The van der Waals surface area contributed by atoms with Crippen LogP contribution in [0.4, 0.5) is 0 Å². The Morgan fingerprint density at radius 1 is 1.00 bits per heavy atom. The Balaban J connectivity index is 2.03. The summed E-state index contributed by atoms with van der Waals surface area (Å²) in [5.41, 5.74) is 0. The molecule has 0 aromatic carbocycles. The predicted molar refractivity (Wildman–Crippen MR) is 69.4 cm³/mol. The third kappa shape index (κ3) is 3.13. The Morgan fingerprint density at radius 3 is 2.29 bits per heavy atom. The molecule has 0 aromatic heterocycles. The Bertz CT molecular complexity index is 341. The summed E-state index contributed by atoms with van der Waals surface area (Å²) >= 11 is 5.85. The van der Waals surface area contributed by atoms with Gasteiger partial charge in [-0.25, -0.2) is 0 Å². The fraction of sp³-hybridized carbons (Fsp3) is 1.00. The molecule has 2 fully saturated rings. The van der Waals surface area contributed by atoms with Gasteiger partial charge >= 0.3 is 0 Å². The predicted octanol–water partition coefficient (Wildman–Crippen LogP) is 1.67. The SMILES string of the molecule is O=S(=O)(N1CCCCC1)N1CCCC(CCl)C1. The molecule has 100 valence electrons. The molecule has 1 atom stereocenters. The summed E-state index contributed by atoms with van der Waals surface area (Å²) in [5, 5.41) is 0. The van der Waals surface area contributed by atoms with E-state index in [0.717, 1.165) is 32.1 Å². The molecule has 17 heavy (non-hydrogen) atoms. The number of nitrogens with zero attached hydrogens (tertiary/aromatic N) is 2. The van der Waals surface area contributed by atoms with Gasteiger partial charge in [0.15, 0.2) is 0 Å². The van der Waals surface area contributed by atoms with E-state index in [-0.39, 0.29) is 0 Å². The van der Waals surface area contributed by atoms with Gasteiger partial charge in [0.2, 0.25) is 0 Å². The molecule has 0 saturated carbocycles. The average Bonchev–Trinajstić information content (AvgIpc) is 2.40. The summed E-state index contributed by atoms with van der Waals surface area (Å²) in [4.78, 5) is 0. The molecular formula is C11H21ClN2O2S. The lowest BCUT2D eigenvalue weighted by Crippen LogP contribution is -2.49. The lowest BCUT2D eigenvalue weighted by atomic mass is 10.0. The van der Waals surface area contributed by atoms with Gasteiger partial charge in [0.05, 0.1) is 0 Å². The van der Waals surface area contributed by atoms with E-state index in [4.69, 9.17) is 11.6 Å². The molecule has 2 aliphatic rings. The van der Waals surface area contributed by atoms with Crippen molar-refractivity contribution in [3.05, 3.63) is 0 Å². The van der Waals surface area contributed by atoms with Crippen LogP contribution in [0.2, 0.25) is 0 Å². The van der Waals surface area contributed by atoms with Gasteiger partial charge in [-0.3, -0.25) is 0 Å². The quantitative estimate of drug-likeness (QED) is 0.738. The van der Waals surface area contributed by atoms with Crippen LogP contribution in [-0.4, -0.2) is 49.1 Å². The van der Waals surface area contributed by atoms with Crippen molar-refractivity contribution in [2.45, 2.75) is 32.1 Å². The second-order valence-corrected chi connectivity index (χ2v) is 7.23. The fourth-order valence-electron chi connectivity index (χ4n) is 2.62. The second-order valence-electron chi connectivity index (χ2n) is 4.99. The van der Waals surface area contributed by atoms with Crippen molar-refractivity contribution >= 4 is 21.8 Å². The van der Waals surface area contributed by atoms with Crippen LogP contribution in [0.25, 0.3) is 0 Å². The van der Waals surface area contributed by atoms with Crippen LogP contribution >= 0.6 is 11.6 Å². The monoisotopic (exact) mass is 280 g/mol. The van der Waals surface area contributed by atoms with Gasteiger partial charge < -0.3 is 0 Å². The first-order valence-electron chi connectivity index (χ1n) is 6.46. The van der Waals surface area contributed by atoms with Crippen LogP contribution in [0.3, 0.4) is 0 Å². The number of hydrogen-bond donors (Lipinski definition) is 0. The first-order valence-corrected chi connectivity index (χ1v) is 8.39. The molecule has 0 N–H and O–H groups in total. The molecule has 4 nitrogen and oxygen atoms in total. The molecule has 0 amide bonds. The van der Waals surface area contributed by atoms with Gasteiger partial charge in [-0.1, -0.05) is 6.42 Å². The van der Waals surface area contributed by atoms with Crippen molar-refractivity contribution in [3.63, 3.8) is 0 Å². The van der Waals surface area contributed by atoms with Gasteiger partial charge in [0.1, 0.15) is 0 Å². The highest BCUT2D eigenvalue weighted by Gasteiger charge is 2.33. The summed E-state index contributed by atoms with van der Waals surface area (Å²) in [7, 11) is -3.22. The highest BCUT2D eigenvalue weighted by molar-refractivity contribution is 7.86. The zero-order valence-electron chi connectivity index (χ0n) is 10.1. The van der Waals surface area contributed by atoms with Crippen molar-refractivity contribution in [1.82, 2.24) is 8.61 Å². The van der Waals surface area contributed by atoms with Gasteiger partial charge in [-0.05, 0) is 31.6 Å². The smallest absolute Gasteiger partial charge is 0.195 e. The Morgan fingerprint density at radius 2 is 1.65 bits per heavy atom. The maximum Gasteiger partial charge on any atom is 0.281 e. The minimum atomic E-state index is -3.22. The van der Waals surface area contributed by atoms with E-state index < -0.39 is 10.2 Å². The number of halogens is 1. The van der Waals surface area contributed by atoms with Gasteiger partial charge in [0.25, 0.3) is 10.2 Å². The molecule has 2 aliphatic heterocycles. The molecule has 0 radical (unpaired) electrons. The van der Waals surface area contributed by atoms with Crippen LogP contribution < -0.4 is 0 Å². The Kier molecular flexibility index (Phi) is 4.69. The van der Waals surface area contributed by atoms with Crippen LogP contribution in [0.5, 0.6) is 0 Å². The summed E-state index contributed by atoms with van der Waals surface area (Å²) in [5.74, 6) is 0.886. The lowest BCUT2D eigenvalue weighted by Gasteiger charge is -2.36.